The molecule has 160 valence electrons. The van der Waals surface area contributed by atoms with Crippen LogP contribution in [-0.4, -0.2) is 23.3 Å². The highest BCUT2D eigenvalue weighted by molar-refractivity contribution is 9.11. The van der Waals surface area contributed by atoms with E-state index in [-0.39, 0.29) is 17.8 Å². The number of phenolic OH excluding ortho intramolecular Hbond substituents is 1. The van der Waals surface area contributed by atoms with E-state index in [9.17, 15) is 9.90 Å². The largest absolute Gasteiger partial charge is 0.506 e. The molecule has 0 fully saturated rings. The van der Waals surface area contributed by atoms with E-state index >= 15 is 0 Å². The van der Waals surface area contributed by atoms with Gasteiger partial charge in [0.25, 0.3) is 5.91 Å². The lowest BCUT2D eigenvalue weighted by atomic mass is 10.2. The molecule has 2 N–H and O–H groups in total. The fourth-order valence-corrected chi connectivity index (χ4v) is 3.81. The summed E-state index contributed by atoms with van der Waals surface area (Å²) in [4.78, 5) is 12.4. The van der Waals surface area contributed by atoms with Gasteiger partial charge in [-0.15, -0.1) is 0 Å². The number of benzene rings is 3. The molecule has 31 heavy (non-hydrogen) atoms. The van der Waals surface area contributed by atoms with Crippen LogP contribution in [0.1, 0.15) is 29.8 Å². The first-order valence-electron chi connectivity index (χ1n) is 9.38. The lowest BCUT2D eigenvalue weighted by Gasteiger charge is -2.11. The Balaban J connectivity index is 1.63. The van der Waals surface area contributed by atoms with E-state index in [0.29, 0.717) is 31.6 Å². The number of rotatable bonds is 7. The zero-order valence-corrected chi connectivity index (χ0v) is 20.0. The van der Waals surface area contributed by atoms with Gasteiger partial charge < -0.3 is 14.6 Å². The topological polar surface area (TPSA) is 80.2 Å². The van der Waals surface area contributed by atoms with Crippen LogP contribution < -0.4 is 14.9 Å². The van der Waals surface area contributed by atoms with E-state index in [2.05, 4.69) is 42.4 Å². The third-order valence-corrected chi connectivity index (χ3v) is 5.16. The van der Waals surface area contributed by atoms with Crippen molar-refractivity contribution in [2.24, 2.45) is 5.10 Å². The van der Waals surface area contributed by atoms with Gasteiger partial charge in [-0.25, -0.2) is 5.43 Å². The third kappa shape index (κ3) is 6.57. The van der Waals surface area contributed by atoms with Gasteiger partial charge in [0.2, 0.25) is 0 Å². The molecule has 1 amide bonds. The Hall–Kier alpha value is -2.84. The predicted octanol–water partition coefficient (Wildman–Crippen LogP) is 6.26. The minimum absolute atomic E-state index is 0.0973. The van der Waals surface area contributed by atoms with Gasteiger partial charge in [0.05, 0.1) is 21.3 Å². The van der Waals surface area contributed by atoms with Gasteiger partial charge >= 0.3 is 0 Å². The van der Waals surface area contributed by atoms with E-state index in [1.54, 1.807) is 36.4 Å². The number of halogens is 2. The van der Waals surface area contributed by atoms with Gasteiger partial charge in [0.1, 0.15) is 23.0 Å². The van der Waals surface area contributed by atoms with Crippen molar-refractivity contribution in [1.82, 2.24) is 5.43 Å². The number of nitrogens with zero attached hydrogens (tertiary/aromatic N) is 1. The number of hydrogen-bond donors (Lipinski definition) is 2. The van der Waals surface area contributed by atoms with Gasteiger partial charge in [0.15, 0.2) is 0 Å². The molecule has 3 aromatic carbocycles. The van der Waals surface area contributed by atoms with E-state index < -0.39 is 0 Å². The van der Waals surface area contributed by atoms with Gasteiger partial charge in [-0.3, -0.25) is 4.79 Å². The van der Waals surface area contributed by atoms with Crippen LogP contribution in [0.5, 0.6) is 23.0 Å². The molecule has 0 aromatic heterocycles. The second kappa shape index (κ2) is 10.5. The van der Waals surface area contributed by atoms with Gasteiger partial charge in [-0.1, -0.05) is 6.07 Å². The predicted molar refractivity (Wildman–Crippen MR) is 127 cm³/mol. The summed E-state index contributed by atoms with van der Waals surface area (Å²) < 4.78 is 12.5. The van der Waals surface area contributed by atoms with E-state index in [0.717, 1.165) is 5.75 Å². The molecule has 0 aliphatic rings. The van der Waals surface area contributed by atoms with Gasteiger partial charge in [-0.2, -0.15) is 5.10 Å². The zero-order chi connectivity index (χ0) is 22.4. The number of carbonyl (C=O) groups excluding carboxylic acids is 1. The SMILES string of the molecule is CC(C)Oc1ccc(Oc2cccc(C(=O)N/N=C/c3cc(Br)c(O)c(Br)c3)c2)cc1. The summed E-state index contributed by atoms with van der Waals surface area (Å²) in [7, 11) is 0. The first kappa shape index (κ1) is 22.8. The summed E-state index contributed by atoms with van der Waals surface area (Å²) in [5, 5.41) is 13.7. The van der Waals surface area contributed by atoms with Crippen LogP contribution in [0.4, 0.5) is 0 Å². The molecule has 3 aromatic rings. The molecule has 0 saturated heterocycles. The lowest BCUT2D eigenvalue weighted by molar-refractivity contribution is 0.0955. The molecule has 0 radical (unpaired) electrons. The van der Waals surface area contributed by atoms with Crippen molar-refractivity contribution in [3.05, 3.63) is 80.7 Å². The highest BCUT2D eigenvalue weighted by Gasteiger charge is 2.08. The van der Waals surface area contributed by atoms with Crippen LogP contribution in [0.25, 0.3) is 0 Å². The smallest absolute Gasteiger partial charge is 0.271 e. The number of amides is 1. The van der Waals surface area contributed by atoms with Crippen LogP contribution in [0.2, 0.25) is 0 Å². The second-order valence-electron chi connectivity index (χ2n) is 6.80. The average Bonchev–Trinajstić information content (AvgIpc) is 2.73. The summed E-state index contributed by atoms with van der Waals surface area (Å²) in [5.74, 6) is 1.65. The Bertz CT molecular complexity index is 1080. The molecule has 0 atom stereocenters. The zero-order valence-electron chi connectivity index (χ0n) is 16.8. The second-order valence-corrected chi connectivity index (χ2v) is 8.51. The molecule has 0 spiro atoms. The minimum atomic E-state index is -0.376. The Kier molecular flexibility index (Phi) is 7.70. The highest BCUT2D eigenvalue weighted by Crippen LogP contribution is 2.32. The monoisotopic (exact) mass is 546 g/mol. The van der Waals surface area contributed by atoms with E-state index in [4.69, 9.17) is 9.47 Å². The average molecular weight is 548 g/mol. The Labute approximate surface area is 197 Å². The molecule has 0 aliphatic carbocycles. The molecule has 0 bridgehead atoms. The molecule has 6 nitrogen and oxygen atoms in total. The molecule has 0 aliphatic heterocycles. The normalized spacial score (nSPS) is 11.0. The van der Waals surface area contributed by atoms with Crippen molar-refractivity contribution in [3.63, 3.8) is 0 Å². The van der Waals surface area contributed by atoms with Crippen LogP contribution >= 0.6 is 31.9 Å². The lowest BCUT2D eigenvalue weighted by Crippen LogP contribution is -2.17. The van der Waals surface area contributed by atoms with Crippen LogP contribution in [0.15, 0.2) is 74.7 Å². The molecular formula is C23H20Br2N2O4. The maximum absolute atomic E-state index is 12.4. The molecule has 3 rings (SSSR count). The number of hydrazone groups is 1. The Morgan fingerprint density at radius 1 is 1.00 bits per heavy atom. The number of carbonyl (C=O) groups is 1. The fraction of sp³-hybridized carbons (Fsp3) is 0.130. The van der Waals surface area contributed by atoms with Gasteiger partial charge in [0, 0.05) is 5.56 Å². The van der Waals surface area contributed by atoms with Crippen molar-refractivity contribution in [2.45, 2.75) is 20.0 Å². The van der Waals surface area contributed by atoms with Crippen molar-refractivity contribution in [1.29, 1.82) is 0 Å². The maximum atomic E-state index is 12.4. The summed E-state index contributed by atoms with van der Waals surface area (Å²) in [6, 6.07) is 17.5. The first-order valence-corrected chi connectivity index (χ1v) is 11.0. The van der Waals surface area contributed by atoms with Crippen LogP contribution in [-0.2, 0) is 0 Å². The van der Waals surface area contributed by atoms with Crippen molar-refractivity contribution in [3.8, 4) is 23.0 Å². The van der Waals surface area contributed by atoms with Crippen molar-refractivity contribution in [2.75, 3.05) is 0 Å². The fourth-order valence-electron chi connectivity index (χ4n) is 2.58. The molecule has 0 saturated carbocycles. The standard InChI is InChI=1S/C23H20Br2N2O4/c1-14(2)30-17-6-8-18(9-7-17)31-19-5-3-4-16(12-19)23(29)27-26-13-15-10-20(24)22(28)21(25)11-15/h3-14,28H,1-2H3,(H,27,29)/b26-13+. The number of aromatic hydroxyl groups is 1. The number of ether oxygens (including phenoxy) is 2. The molecular weight excluding hydrogens is 528 g/mol. The maximum Gasteiger partial charge on any atom is 0.271 e. The highest BCUT2D eigenvalue weighted by atomic mass is 79.9. The van der Waals surface area contributed by atoms with E-state index in [1.165, 1.54) is 6.21 Å². The van der Waals surface area contributed by atoms with Crippen LogP contribution in [0, 0.1) is 0 Å². The molecule has 0 heterocycles. The summed E-state index contributed by atoms with van der Waals surface area (Å²) in [5.41, 5.74) is 3.58. The molecule has 8 heteroatoms. The summed E-state index contributed by atoms with van der Waals surface area (Å²) in [6.45, 7) is 3.93. The molecule has 0 unspecified atom stereocenters. The first-order chi connectivity index (χ1) is 14.8. The van der Waals surface area contributed by atoms with Crippen molar-refractivity contribution < 1.29 is 19.4 Å². The Morgan fingerprint density at radius 3 is 2.29 bits per heavy atom. The van der Waals surface area contributed by atoms with Gasteiger partial charge in [-0.05, 0) is 106 Å². The van der Waals surface area contributed by atoms with Crippen LogP contribution in [0.3, 0.4) is 0 Å². The summed E-state index contributed by atoms with van der Waals surface area (Å²) in [6.07, 6.45) is 1.58. The Morgan fingerprint density at radius 2 is 1.65 bits per heavy atom. The quantitative estimate of drug-likeness (QED) is 0.270. The number of nitrogens with one attached hydrogen (secondary N) is 1. The van der Waals surface area contributed by atoms with Crippen molar-refractivity contribution >= 4 is 44.0 Å². The number of hydrogen-bond acceptors (Lipinski definition) is 5. The number of phenols is 1. The minimum Gasteiger partial charge on any atom is -0.506 e. The summed E-state index contributed by atoms with van der Waals surface area (Å²) >= 11 is 6.51. The van der Waals surface area contributed by atoms with E-state index in [1.807, 2.05) is 38.1 Å². The third-order valence-electron chi connectivity index (χ3n) is 3.95.